The molecule has 6 heteroatoms. The van der Waals surface area contributed by atoms with Gasteiger partial charge in [0.15, 0.2) is 0 Å². The number of nitriles is 1. The van der Waals surface area contributed by atoms with Gasteiger partial charge in [-0.1, -0.05) is 18.7 Å². The van der Waals surface area contributed by atoms with Gasteiger partial charge in [-0.25, -0.2) is 0 Å². The van der Waals surface area contributed by atoms with Crippen LogP contribution in [-0.4, -0.2) is 31.8 Å². The Hall–Kier alpha value is -2.10. The average molecular weight is 391 g/mol. The Balaban J connectivity index is 2.03. The summed E-state index contributed by atoms with van der Waals surface area (Å²) in [6, 6.07) is 7.30. The largest absolute Gasteiger partial charge is 0.488 e. The number of benzene rings is 1. The summed E-state index contributed by atoms with van der Waals surface area (Å²) in [6.07, 6.45) is 5.20. The van der Waals surface area contributed by atoms with E-state index < -0.39 is 5.91 Å². The molecule has 1 atom stereocenters. The standard InChI is InChI=1S/C18H19BrN2O3/c1-2-7-24-17-6-5-13(10-16(17)19)9-14(11-20)18(22)21-12-15-4-3-8-23-15/h2,5-6,9-10,15H,1,3-4,7-8,12H2,(H,21,22)/b14-9+/t15-/m1/s1. The Bertz CT molecular complexity index is 673. The molecule has 1 heterocycles. The molecule has 24 heavy (non-hydrogen) atoms. The highest BCUT2D eigenvalue weighted by molar-refractivity contribution is 9.10. The quantitative estimate of drug-likeness (QED) is 0.440. The van der Waals surface area contributed by atoms with Gasteiger partial charge in [0, 0.05) is 13.2 Å². The summed E-state index contributed by atoms with van der Waals surface area (Å²) in [5.41, 5.74) is 0.788. The van der Waals surface area contributed by atoms with Crippen LogP contribution in [0.4, 0.5) is 0 Å². The van der Waals surface area contributed by atoms with Gasteiger partial charge in [-0.15, -0.1) is 0 Å². The molecule has 2 rings (SSSR count). The summed E-state index contributed by atoms with van der Waals surface area (Å²) >= 11 is 3.41. The number of amides is 1. The van der Waals surface area contributed by atoms with Crippen LogP contribution in [0.25, 0.3) is 6.08 Å². The predicted molar refractivity (Wildman–Crippen MR) is 95.4 cm³/mol. The van der Waals surface area contributed by atoms with Crippen molar-refractivity contribution >= 4 is 27.9 Å². The van der Waals surface area contributed by atoms with Crippen molar-refractivity contribution < 1.29 is 14.3 Å². The normalized spacial score (nSPS) is 17.2. The molecule has 1 aliphatic rings. The molecule has 0 aromatic heterocycles. The van der Waals surface area contributed by atoms with Crippen molar-refractivity contribution in [1.29, 1.82) is 5.26 Å². The number of hydrogen-bond donors (Lipinski definition) is 1. The van der Waals surface area contributed by atoms with Crippen LogP contribution in [0.3, 0.4) is 0 Å². The fourth-order valence-electron chi connectivity index (χ4n) is 2.29. The molecule has 126 valence electrons. The zero-order valence-corrected chi connectivity index (χ0v) is 14.8. The Morgan fingerprint density at radius 3 is 3.04 bits per heavy atom. The fourth-order valence-corrected chi connectivity index (χ4v) is 2.81. The maximum absolute atomic E-state index is 12.1. The molecule has 0 saturated carbocycles. The molecule has 0 unspecified atom stereocenters. The number of carbonyl (C=O) groups excluding carboxylic acids is 1. The third kappa shape index (κ3) is 5.22. The van der Waals surface area contributed by atoms with Crippen molar-refractivity contribution in [1.82, 2.24) is 5.32 Å². The van der Waals surface area contributed by atoms with E-state index in [0.717, 1.165) is 29.5 Å². The second-order valence-electron chi connectivity index (χ2n) is 5.30. The van der Waals surface area contributed by atoms with Gasteiger partial charge >= 0.3 is 0 Å². The van der Waals surface area contributed by atoms with E-state index in [9.17, 15) is 10.1 Å². The second-order valence-corrected chi connectivity index (χ2v) is 6.16. The minimum absolute atomic E-state index is 0.0457. The molecule has 0 bridgehead atoms. The number of nitrogens with one attached hydrogen (secondary N) is 1. The van der Waals surface area contributed by atoms with Gasteiger partial charge in [0.1, 0.15) is 24.0 Å². The molecule has 1 saturated heterocycles. The molecule has 1 amide bonds. The van der Waals surface area contributed by atoms with Gasteiger partial charge in [-0.05, 0) is 52.5 Å². The molecule has 1 N–H and O–H groups in total. The van der Waals surface area contributed by atoms with Crippen molar-refractivity contribution in [2.75, 3.05) is 19.8 Å². The fraction of sp³-hybridized carbons (Fsp3) is 0.333. The first-order valence-electron chi connectivity index (χ1n) is 7.69. The summed E-state index contributed by atoms with van der Waals surface area (Å²) in [5.74, 6) is 0.282. The number of hydrogen-bond acceptors (Lipinski definition) is 4. The van der Waals surface area contributed by atoms with Crippen molar-refractivity contribution in [2.24, 2.45) is 0 Å². The van der Waals surface area contributed by atoms with Gasteiger partial charge in [-0.3, -0.25) is 4.79 Å². The zero-order chi connectivity index (χ0) is 17.4. The lowest BCUT2D eigenvalue weighted by atomic mass is 10.1. The van der Waals surface area contributed by atoms with E-state index >= 15 is 0 Å². The second kappa shape index (κ2) is 9.26. The molecule has 1 aromatic carbocycles. The number of rotatable bonds is 7. The lowest BCUT2D eigenvalue weighted by molar-refractivity contribution is -0.117. The minimum atomic E-state index is -0.392. The van der Waals surface area contributed by atoms with Crippen molar-refractivity contribution in [3.05, 3.63) is 46.5 Å². The number of ether oxygens (including phenoxy) is 2. The number of halogens is 1. The van der Waals surface area contributed by atoms with Crippen molar-refractivity contribution in [3.63, 3.8) is 0 Å². The van der Waals surface area contributed by atoms with Gasteiger partial charge in [0.2, 0.25) is 0 Å². The lowest BCUT2D eigenvalue weighted by Crippen LogP contribution is -2.32. The third-order valence-corrected chi connectivity index (χ3v) is 4.12. The third-order valence-electron chi connectivity index (χ3n) is 3.50. The van der Waals surface area contributed by atoms with Crippen molar-refractivity contribution in [2.45, 2.75) is 18.9 Å². The smallest absolute Gasteiger partial charge is 0.262 e. The molecule has 1 fully saturated rings. The van der Waals surface area contributed by atoms with Crippen LogP contribution >= 0.6 is 15.9 Å². The Morgan fingerprint density at radius 2 is 2.42 bits per heavy atom. The highest BCUT2D eigenvalue weighted by Crippen LogP contribution is 2.27. The maximum atomic E-state index is 12.1. The SMILES string of the molecule is C=CCOc1ccc(/C=C(\C#N)C(=O)NC[C@H]2CCCO2)cc1Br. The summed E-state index contributed by atoms with van der Waals surface area (Å²) in [5, 5.41) is 12.0. The summed E-state index contributed by atoms with van der Waals surface area (Å²) < 4.78 is 11.7. The van der Waals surface area contributed by atoms with Crippen LogP contribution in [-0.2, 0) is 9.53 Å². The van der Waals surface area contributed by atoms with Gasteiger partial charge in [0.25, 0.3) is 5.91 Å². The summed E-state index contributed by atoms with van der Waals surface area (Å²) in [4.78, 5) is 12.1. The predicted octanol–water partition coefficient (Wildman–Crippen LogP) is 3.22. The van der Waals surface area contributed by atoms with Crippen LogP contribution in [0.15, 0.2) is 40.9 Å². The molecule has 0 aliphatic carbocycles. The molecule has 0 spiro atoms. The van der Waals surface area contributed by atoms with E-state index in [-0.39, 0.29) is 11.7 Å². The monoisotopic (exact) mass is 390 g/mol. The van der Waals surface area contributed by atoms with Crippen LogP contribution in [0.1, 0.15) is 18.4 Å². The van der Waals surface area contributed by atoms with Gasteiger partial charge in [-0.2, -0.15) is 5.26 Å². The van der Waals surface area contributed by atoms with Gasteiger partial charge in [0.05, 0.1) is 10.6 Å². The van der Waals surface area contributed by atoms with E-state index in [2.05, 4.69) is 27.8 Å². The highest BCUT2D eigenvalue weighted by Gasteiger charge is 2.17. The number of nitrogens with zero attached hydrogens (tertiary/aromatic N) is 1. The van der Waals surface area contributed by atoms with E-state index in [1.165, 1.54) is 0 Å². The maximum Gasteiger partial charge on any atom is 0.262 e. The van der Waals surface area contributed by atoms with Crippen LogP contribution in [0.5, 0.6) is 5.75 Å². The average Bonchev–Trinajstić information content (AvgIpc) is 3.10. The van der Waals surface area contributed by atoms with E-state index in [4.69, 9.17) is 9.47 Å². The molecular weight excluding hydrogens is 372 g/mol. The molecule has 0 radical (unpaired) electrons. The van der Waals surface area contributed by atoms with Crippen LogP contribution in [0, 0.1) is 11.3 Å². The Kier molecular flexibility index (Phi) is 7.04. The van der Waals surface area contributed by atoms with E-state index in [0.29, 0.717) is 18.9 Å². The zero-order valence-electron chi connectivity index (χ0n) is 13.3. The molecular formula is C18H19BrN2O3. The highest BCUT2D eigenvalue weighted by atomic mass is 79.9. The Morgan fingerprint density at radius 1 is 1.58 bits per heavy atom. The minimum Gasteiger partial charge on any atom is -0.488 e. The summed E-state index contributed by atoms with van der Waals surface area (Å²) in [7, 11) is 0. The topological polar surface area (TPSA) is 71.3 Å². The van der Waals surface area contributed by atoms with Crippen LogP contribution < -0.4 is 10.1 Å². The lowest BCUT2D eigenvalue weighted by Gasteiger charge is -2.10. The molecule has 1 aromatic rings. The first kappa shape index (κ1) is 18.2. The summed E-state index contributed by atoms with van der Waals surface area (Å²) in [6.45, 7) is 5.16. The molecule has 1 aliphatic heterocycles. The van der Waals surface area contributed by atoms with Crippen LogP contribution in [0.2, 0.25) is 0 Å². The number of carbonyl (C=O) groups is 1. The van der Waals surface area contributed by atoms with E-state index in [1.807, 2.05) is 6.07 Å². The first-order chi connectivity index (χ1) is 11.6. The van der Waals surface area contributed by atoms with Gasteiger partial charge < -0.3 is 14.8 Å². The van der Waals surface area contributed by atoms with E-state index in [1.54, 1.807) is 30.4 Å². The first-order valence-corrected chi connectivity index (χ1v) is 8.48. The van der Waals surface area contributed by atoms with Crippen molar-refractivity contribution in [3.8, 4) is 11.8 Å². The Labute approximate surface area is 150 Å². The molecule has 5 nitrogen and oxygen atoms in total.